The molecule has 0 aliphatic rings. The fraction of sp³-hybridized carbons (Fsp3) is 0.500. The van der Waals surface area contributed by atoms with Crippen LogP contribution >= 0.6 is 0 Å². The lowest BCUT2D eigenvalue weighted by molar-refractivity contribution is 0.101. The van der Waals surface area contributed by atoms with Gasteiger partial charge in [0.05, 0.1) is 5.56 Å². The van der Waals surface area contributed by atoms with Crippen molar-refractivity contribution in [2.24, 2.45) is 16.8 Å². The lowest BCUT2D eigenvalue weighted by Crippen LogP contribution is -2.05. The molecule has 17 heavy (non-hydrogen) atoms. The molecule has 1 unspecified atom stereocenters. The van der Waals surface area contributed by atoms with E-state index in [0.29, 0.717) is 23.2 Å². The first-order chi connectivity index (χ1) is 7.93. The van der Waals surface area contributed by atoms with E-state index in [2.05, 4.69) is 30.7 Å². The van der Waals surface area contributed by atoms with E-state index in [9.17, 15) is 4.79 Å². The molecule has 1 heterocycles. The summed E-state index contributed by atoms with van der Waals surface area (Å²) in [6.45, 7) is 9.86. The summed E-state index contributed by atoms with van der Waals surface area (Å²) in [6, 6.07) is 1.83. The molecule has 1 rings (SSSR count). The zero-order chi connectivity index (χ0) is 13.0. The van der Waals surface area contributed by atoms with Crippen LogP contribution in [0.4, 0.5) is 5.82 Å². The number of carbonyl (C=O) groups excluding carboxylic acids is 1. The molecule has 0 aliphatic heterocycles. The van der Waals surface area contributed by atoms with Gasteiger partial charge >= 0.3 is 0 Å². The van der Waals surface area contributed by atoms with Crippen molar-refractivity contribution < 1.29 is 4.79 Å². The van der Waals surface area contributed by atoms with Gasteiger partial charge in [-0.3, -0.25) is 4.79 Å². The van der Waals surface area contributed by atoms with E-state index in [4.69, 9.17) is 0 Å². The summed E-state index contributed by atoms with van der Waals surface area (Å²) in [5.74, 6) is 1.45. The van der Waals surface area contributed by atoms with Crippen LogP contribution in [0.3, 0.4) is 0 Å². The monoisotopic (exact) mass is 232 g/mol. The van der Waals surface area contributed by atoms with E-state index in [1.54, 1.807) is 13.1 Å². The quantitative estimate of drug-likeness (QED) is 0.588. The van der Waals surface area contributed by atoms with Crippen molar-refractivity contribution >= 4 is 17.8 Å². The van der Waals surface area contributed by atoms with Crippen molar-refractivity contribution in [3.8, 4) is 0 Å². The standard InChI is InChI=1S/C14H20N2O/c1-9(2)11(4)8-16-14-13(12(5)17)10(3)6-7-15-14/h6-9,11H,1-5H3/b16-8-. The van der Waals surface area contributed by atoms with Gasteiger partial charge in [0.1, 0.15) is 0 Å². The number of nitrogens with zero attached hydrogens (tertiary/aromatic N) is 2. The zero-order valence-corrected chi connectivity index (χ0v) is 11.2. The summed E-state index contributed by atoms with van der Waals surface area (Å²) < 4.78 is 0. The molecule has 0 aromatic carbocycles. The normalized spacial score (nSPS) is 13.3. The summed E-state index contributed by atoms with van der Waals surface area (Å²) in [5, 5.41) is 0. The van der Waals surface area contributed by atoms with Crippen molar-refractivity contribution in [2.45, 2.75) is 34.6 Å². The maximum Gasteiger partial charge on any atom is 0.163 e. The molecule has 1 atom stereocenters. The van der Waals surface area contributed by atoms with Crippen molar-refractivity contribution in [1.29, 1.82) is 0 Å². The predicted molar refractivity (Wildman–Crippen MR) is 71.1 cm³/mol. The van der Waals surface area contributed by atoms with Crippen LogP contribution in [0.15, 0.2) is 17.3 Å². The summed E-state index contributed by atoms with van der Waals surface area (Å²) in [6.07, 6.45) is 3.56. The summed E-state index contributed by atoms with van der Waals surface area (Å²) in [5.41, 5.74) is 1.55. The van der Waals surface area contributed by atoms with Crippen LogP contribution in [-0.4, -0.2) is 17.0 Å². The maximum absolute atomic E-state index is 11.6. The third-order valence-corrected chi connectivity index (χ3v) is 2.97. The Balaban J connectivity index is 3.07. The molecule has 0 radical (unpaired) electrons. The van der Waals surface area contributed by atoms with E-state index in [-0.39, 0.29) is 5.78 Å². The lowest BCUT2D eigenvalue weighted by atomic mass is 10.00. The zero-order valence-electron chi connectivity index (χ0n) is 11.2. The second kappa shape index (κ2) is 5.71. The number of hydrogen-bond donors (Lipinski definition) is 0. The molecule has 1 aromatic rings. The SMILES string of the molecule is CC(=O)c1c(C)ccnc1/N=C\C(C)C(C)C. The topological polar surface area (TPSA) is 42.3 Å². The molecule has 0 fully saturated rings. The average Bonchev–Trinajstić information content (AvgIpc) is 2.24. The molecule has 0 bridgehead atoms. The average molecular weight is 232 g/mol. The van der Waals surface area contributed by atoms with Gasteiger partial charge in [0, 0.05) is 12.4 Å². The fourth-order valence-electron chi connectivity index (χ4n) is 1.44. The molecule has 92 valence electrons. The molecule has 1 aromatic heterocycles. The molecule has 0 N–H and O–H groups in total. The minimum atomic E-state index is 0.0138. The van der Waals surface area contributed by atoms with E-state index in [0.717, 1.165) is 5.56 Å². The van der Waals surface area contributed by atoms with Crippen LogP contribution in [-0.2, 0) is 0 Å². The Morgan fingerprint density at radius 2 is 2.06 bits per heavy atom. The van der Waals surface area contributed by atoms with Crippen LogP contribution in [0.5, 0.6) is 0 Å². The Bertz CT molecular complexity index is 436. The molecular weight excluding hydrogens is 212 g/mol. The molecule has 3 heteroatoms. The van der Waals surface area contributed by atoms with Gasteiger partial charge < -0.3 is 0 Å². The van der Waals surface area contributed by atoms with Crippen LogP contribution in [0, 0.1) is 18.8 Å². The van der Waals surface area contributed by atoms with Gasteiger partial charge in [-0.2, -0.15) is 0 Å². The van der Waals surface area contributed by atoms with Gasteiger partial charge in [0.2, 0.25) is 0 Å². The van der Waals surface area contributed by atoms with Crippen molar-refractivity contribution in [3.05, 3.63) is 23.4 Å². The fourth-order valence-corrected chi connectivity index (χ4v) is 1.44. The van der Waals surface area contributed by atoms with Crippen LogP contribution in [0.2, 0.25) is 0 Å². The molecular formula is C14H20N2O. The molecule has 0 spiro atoms. The van der Waals surface area contributed by atoms with Gasteiger partial charge in [0.15, 0.2) is 11.6 Å². The van der Waals surface area contributed by atoms with E-state index >= 15 is 0 Å². The second-order valence-electron chi connectivity index (χ2n) is 4.76. The van der Waals surface area contributed by atoms with Gasteiger partial charge in [-0.15, -0.1) is 0 Å². The highest BCUT2D eigenvalue weighted by molar-refractivity contribution is 5.99. The van der Waals surface area contributed by atoms with E-state index < -0.39 is 0 Å². The summed E-state index contributed by atoms with van der Waals surface area (Å²) >= 11 is 0. The smallest absolute Gasteiger partial charge is 0.163 e. The molecule has 3 nitrogen and oxygen atoms in total. The van der Waals surface area contributed by atoms with Gasteiger partial charge in [0.25, 0.3) is 0 Å². The largest absolute Gasteiger partial charge is 0.294 e. The van der Waals surface area contributed by atoms with Crippen molar-refractivity contribution in [2.75, 3.05) is 0 Å². The lowest BCUT2D eigenvalue weighted by Gasteiger charge is -2.09. The number of ketones is 1. The predicted octanol–water partition coefficient (Wildman–Crippen LogP) is 3.59. The summed E-state index contributed by atoms with van der Waals surface area (Å²) in [7, 11) is 0. The third-order valence-electron chi connectivity index (χ3n) is 2.97. The first-order valence-corrected chi connectivity index (χ1v) is 5.94. The first-order valence-electron chi connectivity index (χ1n) is 5.94. The number of carbonyl (C=O) groups is 1. The number of hydrogen-bond acceptors (Lipinski definition) is 3. The molecule has 0 amide bonds. The minimum Gasteiger partial charge on any atom is -0.294 e. The van der Waals surface area contributed by atoms with Crippen LogP contribution < -0.4 is 0 Å². The maximum atomic E-state index is 11.6. The van der Waals surface area contributed by atoms with Gasteiger partial charge in [-0.25, -0.2) is 9.98 Å². The number of Topliss-reactive ketones (excluding diaryl/α,β-unsaturated/α-hetero) is 1. The Morgan fingerprint density at radius 1 is 1.41 bits per heavy atom. The number of rotatable bonds is 4. The third kappa shape index (κ3) is 3.48. The molecule has 0 saturated heterocycles. The number of pyridine rings is 1. The van der Waals surface area contributed by atoms with Gasteiger partial charge in [-0.1, -0.05) is 20.8 Å². The van der Waals surface area contributed by atoms with Gasteiger partial charge in [-0.05, 0) is 37.3 Å². The molecule has 0 saturated carbocycles. The first kappa shape index (κ1) is 13.6. The van der Waals surface area contributed by atoms with E-state index in [1.165, 1.54) is 0 Å². The number of aliphatic imine (C=N–C) groups is 1. The highest BCUT2D eigenvalue weighted by Crippen LogP contribution is 2.20. The van der Waals surface area contributed by atoms with Crippen LogP contribution in [0.1, 0.15) is 43.6 Å². The second-order valence-corrected chi connectivity index (χ2v) is 4.76. The number of aromatic nitrogens is 1. The van der Waals surface area contributed by atoms with Crippen molar-refractivity contribution in [1.82, 2.24) is 4.98 Å². The number of aryl methyl sites for hydroxylation is 1. The Hall–Kier alpha value is -1.51. The highest BCUT2D eigenvalue weighted by atomic mass is 16.1. The van der Waals surface area contributed by atoms with E-state index in [1.807, 2.05) is 19.2 Å². The Morgan fingerprint density at radius 3 is 2.59 bits per heavy atom. The van der Waals surface area contributed by atoms with Crippen LogP contribution in [0.25, 0.3) is 0 Å². The van der Waals surface area contributed by atoms with Crippen molar-refractivity contribution in [3.63, 3.8) is 0 Å². The minimum absolute atomic E-state index is 0.0138. The molecule has 0 aliphatic carbocycles. The highest BCUT2D eigenvalue weighted by Gasteiger charge is 2.11. The summed E-state index contributed by atoms with van der Waals surface area (Å²) in [4.78, 5) is 20.1. The Labute approximate surface area is 103 Å². The Kier molecular flexibility index (Phi) is 4.55.